The van der Waals surface area contributed by atoms with E-state index in [1.54, 1.807) is 27.3 Å². The Morgan fingerprint density at radius 1 is 0.932 bits per heavy atom. The number of pyridine rings is 2. The molecule has 2 N–H and O–H groups in total. The standard InChI is InChI=1S/C34H37Cl2N5O3/c1-21(42)41-16-13-25(14-17-41)39-20-24-10-11-29(40-34(24)44-4)28-7-5-6-26(31(28)35)27-12-15-38-33(32(27)36)22-8-9-23(19-37-2)30(18-22)43-3/h5-12,15,18,25,37,39H,13-14,16-17,19-20H2,1-4H3. The van der Waals surface area contributed by atoms with Crippen molar-refractivity contribution in [3.05, 3.63) is 82.0 Å². The van der Waals surface area contributed by atoms with Gasteiger partial charge in [0.2, 0.25) is 11.8 Å². The molecule has 0 bridgehead atoms. The number of piperidine rings is 1. The Labute approximate surface area is 268 Å². The highest BCUT2D eigenvalue weighted by atomic mass is 35.5. The molecule has 4 aromatic rings. The van der Waals surface area contributed by atoms with Crippen molar-refractivity contribution >= 4 is 29.1 Å². The first-order valence-corrected chi connectivity index (χ1v) is 15.4. The van der Waals surface area contributed by atoms with Crippen LogP contribution in [0.15, 0.2) is 60.8 Å². The molecule has 0 spiro atoms. The number of nitrogens with zero attached hydrogens (tertiary/aromatic N) is 3. The number of aromatic nitrogens is 2. The van der Waals surface area contributed by atoms with Crippen LogP contribution in [0.25, 0.3) is 33.6 Å². The van der Waals surface area contributed by atoms with E-state index in [9.17, 15) is 4.79 Å². The second-order valence-corrected chi connectivity index (χ2v) is 11.5. The van der Waals surface area contributed by atoms with E-state index in [1.165, 1.54) is 0 Å². The SMILES string of the molecule is CNCc1ccc(-c2nccc(-c3cccc(-c4ccc(CNC5CCN(C(C)=O)CC5)c(OC)n4)c3Cl)c2Cl)cc1OC. The molecule has 0 atom stereocenters. The van der Waals surface area contributed by atoms with Gasteiger partial charge in [0.15, 0.2) is 0 Å². The number of halogens is 2. The lowest BCUT2D eigenvalue weighted by molar-refractivity contribution is -0.129. The van der Waals surface area contributed by atoms with Crippen molar-refractivity contribution in [2.75, 3.05) is 34.4 Å². The smallest absolute Gasteiger partial charge is 0.219 e. The van der Waals surface area contributed by atoms with Crippen molar-refractivity contribution in [1.29, 1.82) is 0 Å². The molecule has 10 heteroatoms. The monoisotopic (exact) mass is 633 g/mol. The van der Waals surface area contributed by atoms with Gasteiger partial charge in [-0.05, 0) is 38.1 Å². The van der Waals surface area contributed by atoms with Gasteiger partial charge in [0.05, 0.1) is 35.7 Å². The van der Waals surface area contributed by atoms with Crippen molar-refractivity contribution in [3.8, 4) is 45.3 Å². The predicted octanol–water partition coefficient (Wildman–Crippen LogP) is 6.62. The topological polar surface area (TPSA) is 88.6 Å². The lowest BCUT2D eigenvalue weighted by Gasteiger charge is -2.31. The summed E-state index contributed by atoms with van der Waals surface area (Å²) in [5.41, 5.74) is 6.50. The molecule has 44 heavy (non-hydrogen) atoms. The van der Waals surface area contributed by atoms with Crippen LogP contribution < -0.4 is 20.1 Å². The highest BCUT2D eigenvalue weighted by Crippen LogP contribution is 2.42. The van der Waals surface area contributed by atoms with Crippen molar-refractivity contribution in [2.24, 2.45) is 0 Å². The van der Waals surface area contributed by atoms with E-state index in [0.717, 1.165) is 65.1 Å². The molecule has 0 unspecified atom stereocenters. The number of methoxy groups -OCH3 is 2. The van der Waals surface area contributed by atoms with Crippen LogP contribution in [0.2, 0.25) is 10.0 Å². The summed E-state index contributed by atoms with van der Waals surface area (Å²) in [6.07, 6.45) is 3.58. The summed E-state index contributed by atoms with van der Waals surface area (Å²) in [7, 11) is 5.17. The number of hydrogen-bond donors (Lipinski definition) is 2. The highest BCUT2D eigenvalue weighted by molar-refractivity contribution is 6.39. The lowest BCUT2D eigenvalue weighted by atomic mass is 9.99. The van der Waals surface area contributed by atoms with Gasteiger partial charge in [0.1, 0.15) is 5.75 Å². The Bertz CT molecular complexity index is 1640. The summed E-state index contributed by atoms with van der Waals surface area (Å²) in [4.78, 5) is 22.9. The maximum absolute atomic E-state index is 11.6. The zero-order valence-corrected chi connectivity index (χ0v) is 26.9. The summed E-state index contributed by atoms with van der Waals surface area (Å²) in [6, 6.07) is 18.0. The first-order valence-electron chi connectivity index (χ1n) is 14.6. The number of amides is 1. The quantitative estimate of drug-likeness (QED) is 0.203. The number of carbonyl (C=O) groups is 1. The average molecular weight is 635 g/mol. The molecular weight excluding hydrogens is 597 g/mol. The van der Waals surface area contributed by atoms with Gasteiger partial charge in [-0.15, -0.1) is 0 Å². The molecule has 0 radical (unpaired) electrons. The maximum Gasteiger partial charge on any atom is 0.219 e. The first kappa shape index (κ1) is 31.7. The average Bonchev–Trinajstić information content (AvgIpc) is 3.04. The zero-order chi connectivity index (χ0) is 31.2. The van der Waals surface area contributed by atoms with Gasteiger partial charge in [0, 0.05) is 78.7 Å². The fraction of sp³-hybridized carbons (Fsp3) is 0.324. The second-order valence-electron chi connectivity index (χ2n) is 10.8. The maximum atomic E-state index is 11.6. The Morgan fingerprint density at radius 2 is 1.66 bits per heavy atom. The third kappa shape index (κ3) is 6.84. The lowest BCUT2D eigenvalue weighted by Crippen LogP contribution is -2.44. The minimum Gasteiger partial charge on any atom is -0.496 e. The van der Waals surface area contributed by atoms with Crippen LogP contribution in [-0.4, -0.2) is 61.2 Å². The molecule has 2 aromatic heterocycles. The number of rotatable bonds is 10. The molecule has 1 aliphatic heterocycles. The zero-order valence-electron chi connectivity index (χ0n) is 25.4. The number of likely N-dealkylation sites (tertiary alicyclic amines) is 1. The molecule has 1 saturated heterocycles. The summed E-state index contributed by atoms with van der Waals surface area (Å²) in [5.74, 6) is 1.43. The molecule has 230 valence electrons. The second kappa shape index (κ2) is 14.4. The van der Waals surface area contributed by atoms with Crippen LogP contribution >= 0.6 is 23.2 Å². The van der Waals surface area contributed by atoms with Crippen LogP contribution in [0.5, 0.6) is 11.6 Å². The normalized spacial score (nSPS) is 13.6. The van der Waals surface area contributed by atoms with Crippen LogP contribution in [0.3, 0.4) is 0 Å². The molecule has 1 fully saturated rings. The summed E-state index contributed by atoms with van der Waals surface area (Å²) < 4.78 is 11.3. The third-order valence-electron chi connectivity index (χ3n) is 8.04. The summed E-state index contributed by atoms with van der Waals surface area (Å²) in [5, 5.41) is 7.78. The number of benzene rings is 2. The van der Waals surface area contributed by atoms with Crippen LogP contribution in [0.4, 0.5) is 0 Å². The molecule has 1 amide bonds. The predicted molar refractivity (Wildman–Crippen MR) is 176 cm³/mol. The van der Waals surface area contributed by atoms with E-state index in [4.69, 9.17) is 37.7 Å². The van der Waals surface area contributed by atoms with Crippen LogP contribution in [-0.2, 0) is 17.9 Å². The largest absolute Gasteiger partial charge is 0.496 e. The summed E-state index contributed by atoms with van der Waals surface area (Å²) >= 11 is 14.1. The summed E-state index contributed by atoms with van der Waals surface area (Å²) in [6.45, 7) is 4.47. The molecule has 1 aliphatic rings. The van der Waals surface area contributed by atoms with E-state index in [2.05, 4.69) is 15.6 Å². The van der Waals surface area contributed by atoms with E-state index in [1.807, 2.05) is 66.5 Å². The molecule has 3 heterocycles. The molecule has 5 rings (SSSR count). The van der Waals surface area contributed by atoms with Gasteiger partial charge in [-0.25, -0.2) is 4.98 Å². The van der Waals surface area contributed by atoms with Crippen molar-refractivity contribution in [1.82, 2.24) is 25.5 Å². The van der Waals surface area contributed by atoms with Crippen LogP contribution in [0, 0.1) is 0 Å². The van der Waals surface area contributed by atoms with E-state index in [-0.39, 0.29) is 5.91 Å². The Morgan fingerprint density at radius 3 is 2.36 bits per heavy atom. The molecule has 0 aliphatic carbocycles. The minimum atomic E-state index is 0.134. The van der Waals surface area contributed by atoms with E-state index < -0.39 is 0 Å². The number of carbonyl (C=O) groups excluding carboxylic acids is 1. The highest BCUT2D eigenvalue weighted by Gasteiger charge is 2.22. The molecule has 0 saturated carbocycles. The van der Waals surface area contributed by atoms with Gasteiger partial charge < -0.3 is 25.0 Å². The molecular formula is C34H37Cl2N5O3. The van der Waals surface area contributed by atoms with Crippen molar-refractivity contribution < 1.29 is 14.3 Å². The number of hydrogen-bond acceptors (Lipinski definition) is 7. The van der Waals surface area contributed by atoms with Gasteiger partial charge in [-0.3, -0.25) is 9.78 Å². The van der Waals surface area contributed by atoms with Gasteiger partial charge in [-0.2, -0.15) is 0 Å². The van der Waals surface area contributed by atoms with E-state index in [0.29, 0.717) is 46.4 Å². The number of nitrogens with one attached hydrogen (secondary N) is 2. The van der Waals surface area contributed by atoms with Gasteiger partial charge >= 0.3 is 0 Å². The molecule has 2 aromatic carbocycles. The minimum absolute atomic E-state index is 0.134. The fourth-order valence-electron chi connectivity index (χ4n) is 5.60. The Hall–Kier alpha value is -3.69. The fourth-order valence-corrected chi connectivity index (χ4v) is 6.25. The van der Waals surface area contributed by atoms with E-state index >= 15 is 0 Å². The Balaban J connectivity index is 1.40. The van der Waals surface area contributed by atoms with Gasteiger partial charge in [0.25, 0.3) is 0 Å². The van der Waals surface area contributed by atoms with Crippen molar-refractivity contribution in [2.45, 2.75) is 38.9 Å². The van der Waals surface area contributed by atoms with Gasteiger partial charge in [-0.1, -0.05) is 59.6 Å². The third-order valence-corrected chi connectivity index (χ3v) is 8.83. The van der Waals surface area contributed by atoms with Crippen LogP contribution in [0.1, 0.15) is 30.9 Å². The number of ether oxygens (including phenoxy) is 2. The first-order chi connectivity index (χ1) is 21.3. The molecule has 8 nitrogen and oxygen atoms in total. The Kier molecular flexibility index (Phi) is 10.4. The van der Waals surface area contributed by atoms with Crippen molar-refractivity contribution in [3.63, 3.8) is 0 Å².